The fourth-order valence-corrected chi connectivity index (χ4v) is 3.49. The van der Waals surface area contributed by atoms with Gasteiger partial charge in [-0.3, -0.25) is 9.48 Å². The van der Waals surface area contributed by atoms with Crippen LogP contribution in [0.1, 0.15) is 32.9 Å². The number of hydrogen-bond donors (Lipinski definition) is 1. The monoisotopic (exact) mass is 413 g/mol. The maximum Gasteiger partial charge on any atom is 0.255 e. The topological polar surface area (TPSA) is 64.7 Å². The van der Waals surface area contributed by atoms with Crippen molar-refractivity contribution in [3.63, 3.8) is 0 Å². The highest BCUT2D eigenvalue weighted by Crippen LogP contribution is 2.23. The number of carbonyl (C=O) groups excluding carboxylic acids is 1. The molecule has 4 rings (SSSR count). The lowest BCUT2D eigenvalue weighted by atomic mass is 10.1. The highest BCUT2D eigenvalue weighted by molar-refractivity contribution is 5.99. The largest absolute Gasteiger partial charge is 0.351 e. The van der Waals surface area contributed by atoms with E-state index in [4.69, 9.17) is 5.10 Å². The first-order valence-electron chi connectivity index (χ1n) is 10.4. The maximum atomic E-state index is 13.0. The molecule has 6 nitrogen and oxygen atoms in total. The Morgan fingerprint density at radius 2 is 1.68 bits per heavy atom. The van der Waals surface area contributed by atoms with Gasteiger partial charge in [-0.25, -0.2) is 4.98 Å². The van der Waals surface area contributed by atoms with E-state index >= 15 is 0 Å². The Balaban J connectivity index is 1.56. The molecule has 0 aliphatic carbocycles. The van der Waals surface area contributed by atoms with Gasteiger partial charge < -0.3 is 9.88 Å². The van der Waals surface area contributed by atoms with Crippen LogP contribution in [0.3, 0.4) is 0 Å². The molecule has 158 valence electrons. The number of carbonyl (C=O) groups is 1. The molecule has 4 aromatic rings. The van der Waals surface area contributed by atoms with E-state index in [1.54, 1.807) is 6.20 Å². The summed E-state index contributed by atoms with van der Waals surface area (Å²) >= 11 is 0. The second kappa shape index (κ2) is 9.00. The summed E-state index contributed by atoms with van der Waals surface area (Å²) in [6.07, 6.45) is 6.18. The van der Waals surface area contributed by atoms with Crippen LogP contribution >= 0.6 is 0 Å². The molecule has 2 heterocycles. The molecule has 0 aliphatic rings. The molecule has 0 bridgehead atoms. The number of aryl methyl sites for hydroxylation is 3. The van der Waals surface area contributed by atoms with Gasteiger partial charge in [0.15, 0.2) is 0 Å². The highest BCUT2D eigenvalue weighted by Gasteiger charge is 2.18. The van der Waals surface area contributed by atoms with Crippen LogP contribution in [-0.2, 0) is 20.0 Å². The molecule has 2 aromatic carbocycles. The zero-order valence-electron chi connectivity index (χ0n) is 18.2. The van der Waals surface area contributed by atoms with Crippen molar-refractivity contribution in [1.82, 2.24) is 24.6 Å². The van der Waals surface area contributed by atoms with Crippen LogP contribution in [0.5, 0.6) is 0 Å². The van der Waals surface area contributed by atoms with E-state index in [0.717, 1.165) is 17.0 Å². The molecular weight excluding hydrogens is 386 g/mol. The lowest BCUT2D eigenvalue weighted by Gasteiger charge is -2.06. The minimum atomic E-state index is -0.125. The Labute approximate surface area is 182 Å². The molecule has 0 saturated carbocycles. The van der Waals surface area contributed by atoms with Gasteiger partial charge in [-0.1, -0.05) is 59.7 Å². The van der Waals surface area contributed by atoms with Crippen molar-refractivity contribution in [2.75, 3.05) is 6.54 Å². The van der Waals surface area contributed by atoms with E-state index in [1.807, 2.05) is 59.9 Å². The van der Waals surface area contributed by atoms with Crippen molar-refractivity contribution in [2.45, 2.75) is 26.8 Å². The average molecular weight is 414 g/mol. The third kappa shape index (κ3) is 4.91. The number of amides is 1. The van der Waals surface area contributed by atoms with Gasteiger partial charge in [0.1, 0.15) is 11.5 Å². The Morgan fingerprint density at radius 3 is 2.32 bits per heavy atom. The Kier molecular flexibility index (Phi) is 5.98. The van der Waals surface area contributed by atoms with Gasteiger partial charge in [0.25, 0.3) is 5.91 Å². The second-order valence-electron chi connectivity index (χ2n) is 7.90. The minimum absolute atomic E-state index is 0.125. The standard InChI is InChI=1S/C25H27N5O/c1-18-4-8-20(9-5-18)16-30-17-22(24(28-30)21-10-6-19(2)7-11-21)25(31)27-13-12-23-26-14-15-29(23)3/h4-11,14-15,17H,12-13,16H2,1-3H3,(H,27,31). The summed E-state index contributed by atoms with van der Waals surface area (Å²) < 4.78 is 3.80. The minimum Gasteiger partial charge on any atom is -0.351 e. The molecule has 0 atom stereocenters. The third-order valence-electron chi connectivity index (χ3n) is 5.35. The zero-order valence-corrected chi connectivity index (χ0v) is 18.2. The normalized spacial score (nSPS) is 10.9. The Bertz CT molecular complexity index is 1170. The summed E-state index contributed by atoms with van der Waals surface area (Å²) in [6.45, 7) is 5.24. The van der Waals surface area contributed by atoms with E-state index in [1.165, 1.54) is 11.1 Å². The van der Waals surface area contributed by atoms with Crippen molar-refractivity contribution in [2.24, 2.45) is 7.05 Å². The van der Waals surface area contributed by atoms with Gasteiger partial charge in [-0.15, -0.1) is 0 Å². The number of aromatic nitrogens is 4. The first-order chi connectivity index (χ1) is 15.0. The number of rotatable bonds is 7. The van der Waals surface area contributed by atoms with Gasteiger partial charge in [-0.05, 0) is 19.4 Å². The molecule has 0 unspecified atom stereocenters. The van der Waals surface area contributed by atoms with Crippen molar-refractivity contribution in [3.05, 3.63) is 95.2 Å². The number of hydrogen-bond acceptors (Lipinski definition) is 3. The lowest BCUT2D eigenvalue weighted by molar-refractivity contribution is 0.0954. The summed E-state index contributed by atoms with van der Waals surface area (Å²) in [5.74, 6) is 0.814. The fourth-order valence-electron chi connectivity index (χ4n) is 3.49. The van der Waals surface area contributed by atoms with Gasteiger partial charge in [0, 0.05) is 44.2 Å². The Morgan fingerprint density at radius 1 is 1.00 bits per heavy atom. The molecule has 0 fully saturated rings. The summed E-state index contributed by atoms with van der Waals surface area (Å²) in [6, 6.07) is 16.5. The van der Waals surface area contributed by atoms with Crippen LogP contribution in [0.4, 0.5) is 0 Å². The number of imidazole rings is 1. The van der Waals surface area contributed by atoms with E-state index in [2.05, 4.69) is 41.5 Å². The van der Waals surface area contributed by atoms with Crippen molar-refractivity contribution in [1.29, 1.82) is 0 Å². The van der Waals surface area contributed by atoms with Crippen molar-refractivity contribution in [3.8, 4) is 11.3 Å². The average Bonchev–Trinajstić information content (AvgIpc) is 3.36. The quantitative estimate of drug-likeness (QED) is 0.499. The van der Waals surface area contributed by atoms with Crippen molar-refractivity contribution >= 4 is 5.91 Å². The van der Waals surface area contributed by atoms with E-state index < -0.39 is 0 Å². The number of nitrogens with one attached hydrogen (secondary N) is 1. The first-order valence-corrected chi connectivity index (χ1v) is 10.4. The fraction of sp³-hybridized carbons (Fsp3) is 0.240. The van der Waals surface area contributed by atoms with Gasteiger partial charge in [-0.2, -0.15) is 5.10 Å². The SMILES string of the molecule is Cc1ccc(Cn2cc(C(=O)NCCc3nccn3C)c(-c3ccc(C)cc3)n2)cc1. The molecule has 1 N–H and O–H groups in total. The third-order valence-corrected chi connectivity index (χ3v) is 5.35. The molecular formula is C25H27N5O. The highest BCUT2D eigenvalue weighted by atomic mass is 16.1. The van der Waals surface area contributed by atoms with Crippen LogP contribution in [0.25, 0.3) is 11.3 Å². The maximum absolute atomic E-state index is 13.0. The van der Waals surface area contributed by atoms with Gasteiger partial charge >= 0.3 is 0 Å². The number of nitrogens with zero attached hydrogens (tertiary/aromatic N) is 4. The Hall–Kier alpha value is -3.67. The summed E-state index contributed by atoms with van der Waals surface area (Å²) in [7, 11) is 1.95. The van der Waals surface area contributed by atoms with E-state index in [-0.39, 0.29) is 5.91 Å². The number of benzene rings is 2. The van der Waals surface area contributed by atoms with Crippen LogP contribution < -0.4 is 5.32 Å². The molecule has 0 saturated heterocycles. The molecule has 0 radical (unpaired) electrons. The molecule has 0 spiro atoms. The zero-order chi connectivity index (χ0) is 21.8. The molecule has 0 aliphatic heterocycles. The first kappa shape index (κ1) is 20.6. The van der Waals surface area contributed by atoms with Crippen LogP contribution in [0, 0.1) is 13.8 Å². The van der Waals surface area contributed by atoms with Gasteiger partial charge in [0.05, 0.1) is 12.1 Å². The van der Waals surface area contributed by atoms with Crippen LogP contribution in [0.15, 0.2) is 67.1 Å². The smallest absolute Gasteiger partial charge is 0.255 e. The van der Waals surface area contributed by atoms with E-state index in [9.17, 15) is 4.79 Å². The van der Waals surface area contributed by atoms with Crippen molar-refractivity contribution < 1.29 is 4.79 Å². The van der Waals surface area contributed by atoms with Crippen LogP contribution in [-0.4, -0.2) is 31.8 Å². The predicted molar refractivity (Wildman–Crippen MR) is 122 cm³/mol. The second-order valence-corrected chi connectivity index (χ2v) is 7.90. The molecule has 31 heavy (non-hydrogen) atoms. The molecule has 6 heteroatoms. The summed E-state index contributed by atoms with van der Waals surface area (Å²) in [5, 5.41) is 7.79. The lowest BCUT2D eigenvalue weighted by Crippen LogP contribution is -2.26. The van der Waals surface area contributed by atoms with Crippen LogP contribution in [0.2, 0.25) is 0 Å². The van der Waals surface area contributed by atoms with Gasteiger partial charge in [0.2, 0.25) is 0 Å². The molecule has 2 aromatic heterocycles. The summed E-state index contributed by atoms with van der Waals surface area (Å²) in [4.78, 5) is 17.3. The van der Waals surface area contributed by atoms with E-state index in [0.29, 0.717) is 30.8 Å². The predicted octanol–water partition coefficient (Wildman–Crippen LogP) is 3.92. The summed E-state index contributed by atoms with van der Waals surface area (Å²) in [5.41, 5.74) is 5.74. The molecule has 1 amide bonds.